The van der Waals surface area contributed by atoms with Gasteiger partial charge in [-0.1, -0.05) is 11.3 Å². The number of benzene rings is 1. The molecule has 0 radical (unpaired) electrons. The minimum Gasteiger partial charge on any atom is -0.290 e. The SMILES string of the molecule is Cc1cccc(-c2cc(-c3cnc4sccn34)c3nnn(C)c3c2)n1. The molecule has 4 aromatic heterocycles. The average molecular weight is 346 g/mol. The number of imidazole rings is 1. The number of aromatic nitrogens is 6. The van der Waals surface area contributed by atoms with Crippen LogP contribution in [-0.2, 0) is 7.05 Å². The third kappa shape index (κ3) is 2.16. The van der Waals surface area contributed by atoms with E-state index in [1.807, 2.05) is 49.9 Å². The number of aryl methyl sites for hydroxylation is 2. The Balaban J connectivity index is 1.84. The average Bonchev–Trinajstić information content (AvgIpc) is 3.30. The fourth-order valence-electron chi connectivity index (χ4n) is 3.10. The van der Waals surface area contributed by atoms with Gasteiger partial charge in [-0.3, -0.25) is 9.38 Å². The Labute approximate surface area is 147 Å². The van der Waals surface area contributed by atoms with Gasteiger partial charge in [0.05, 0.1) is 23.1 Å². The summed E-state index contributed by atoms with van der Waals surface area (Å²) in [6.45, 7) is 2.00. The van der Waals surface area contributed by atoms with E-state index in [9.17, 15) is 0 Å². The highest BCUT2D eigenvalue weighted by molar-refractivity contribution is 7.15. The van der Waals surface area contributed by atoms with Gasteiger partial charge in [-0.05, 0) is 31.2 Å². The molecule has 0 amide bonds. The fraction of sp³-hybridized carbons (Fsp3) is 0.111. The van der Waals surface area contributed by atoms with Crippen molar-refractivity contribution in [2.24, 2.45) is 7.05 Å². The number of hydrogen-bond acceptors (Lipinski definition) is 5. The van der Waals surface area contributed by atoms with Gasteiger partial charge in [-0.15, -0.1) is 16.4 Å². The molecule has 0 aliphatic heterocycles. The Morgan fingerprint density at radius 3 is 2.96 bits per heavy atom. The van der Waals surface area contributed by atoms with Crippen LogP contribution in [0.25, 0.3) is 38.5 Å². The van der Waals surface area contributed by atoms with Crippen molar-refractivity contribution in [1.82, 2.24) is 29.4 Å². The zero-order valence-corrected chi connectivity index (χ0v) is 14.5. The van der Waals surface area contributed by atoms with Gasteiger partial charge in [0.15, 0.2) is 4.96 Å². The molecule has 0 fully saturated rings. The lowest BCUT2D eigenvalue weighted by Crippen LogP contribution is -1.93. The van der Waals surface area contributed by atoms with E-state index in [-0.39, 0.29) is 0 Å². The van der Waals surface area contributed by atoms with Crippen molar-refractivity contribution in [2.75, 3.05) is 0 Å². The van der Waals surface area contributed by atoms with Gasteiger partial charge in [-0.25, -0.2) is 9.67 Å². The summed E-state index contributed by atoms with van der Waals surface area (Å²) in [5.41, 5.74) is 6.84. The molecule has 122 valence electrons. The van der Waals surface area contributed by atoms with Crippen LogP contribution >= 0.6 is 11.3 Å². The normalized spacial score (nSPS) is 11.6. The van der Waals surface area contributed by atoms with Crippen molar-refractivity contribution >= 4 is 27.3 Å². The van der Waals surface area contributed by atoms with Gasteiger partial charge in [0, 0.05) is 35.4 Å². The monoisotopic (exact) mass is 346 g/mol. The number of nitrogens with zero attached hydrogens (tertiary/aromatic N) is 6. The van der Waals surface area contributed by atoms with E-state index in [2.05, 4.69) is 36.8 Å². The molecule has 0 atom stereocenters. The summed E-state index contributed by atoms with van der Waals surface area (Å²) in [7, 11) is 1.91. The largest absolute Gasteiger partial charge is 0.290 e. The number of pyridine rings is 1. The van der Waals surface area contributed by atoms with Crippen LogP contribution in [-0.4, -0.2) is 29.4 Å². The minimum absolute atomic E-state index is 0.868. The molecule has 5 aromatic rings. The Kier molecular flexibility index (Phi) is 2.98. The Morgan fingerprint density at radius 1 is 1.16 bits per heavy atom. The van der Waals surface area contributed by atoms with E-state index in [0.717, 1.165) is 44.2 Å². The van der Waals surface area contributed by atoms with E-state index >= 15 is 0 Å². The van der Waals surface area contributed by atoms with Gasteiger partial charge in [0.25, 0.3) is 0 Å². The first-order valence-corrected chi connectivity index (χ1v) is 8.77. The molecule has 25 heavy (non-hydrogen) atoms. The third-order valence-electron chi connectivity index (χ3n) is 4.32. The van der Waals surface area contributed by atoms with Crippen LogP contribution in [0.2, 0.25) is 0 Å². The maximum absolute atomic E-state index is 4.67. The number of hydrogen-bond donors (Lipinski definition) is 0. The minimum atomic E-state index is 0.868. The first-order valence-electron chi connectivity index (χ1n) is 7.89. The lowest BCUT2D eigenvalue weighted by Gasteiger charge is -2.07. The summed E-state index contributed by atoms with van der Waals surface area (Å²) in [5, 5.41) is 10.6. The Morgan fingerprint density at radius 2 is 2.08 bits per heavy atom. The van der Waals surface area contributed by atoms with E-state index in [1.54, 1.807) is 16.0 Å². The van der Waals surface area contributed by atoms with E-state index in [4.69, 9.17) is 0 Å². The van der Waals surface area contributed by atoms with Gasteiger partial charge in [-0.2, -0.15) is 0 Å². The molecule has 0 aliphatic carbocycles. The van der Waals surface area contributed by atoms with Crippen LogP contribution in [0.5, 0.6) is 0 Å². The van der Waals surface area contributed by atoms with Gasteiger partial charge >= 0.3 is 0 Å². The maximum atomic E-state index is 4.67. The third-order valence-corrected chi connectivity index (χ3v) is 5.09. The first-order chi connectivity index (χ1) is 12.2. The predicted molar refractivity (Wildman–Crippen MR) is 98.5 cm³/mol. The molecular weight excluding hydrogens is 332 g/mol. The molecule has 0 spiro atoms. The highest BCUT2D eigenvalue weighted by atomic mass is 32.1. The van der Waals surface area contributed by atoms with Crippen LogP contribution in [0.1, 0.15) is 5.69 Å². The van der Waals surface area contributed by atoms with E-state index in [0.29, 0.717) is 0 Å². The smallest absolute Gasteiger partial charge is 0.194 e. The van der Waals surface area contributed by atoms with Crippen molar-refractivity contribution in [3.8, 4) is 22.5 Å². The Hall–Kier alpha value is -3.06. The van der Waals surface area contributed by atoms with Crippen LogP contribution in [0.3, 0.4) is 0 Å². The quantitative estimate of drug-likeness (QED) is 0.489. The van der Waals surface area contributed by atoms with Crippen LogP contribution in [0.15, 0.2) is 48.1 Å². The van der Waals surface area contributed by atoms with Crippen LogP contribution < -0.4 is 0 Å². The summed E-state index contributed by atoms with van der Waals surface area (Å²) in [4.78, 5) is 10.1. The number of thiazole rings is 1. The first kappa shape index (κ1) is 14.3. The molecule has 0 saturated carbocycles. The van der Waals surface area contributed by atoms with Gasteiger partial charge < -0.3 is 0 Å². The molecule has 0 unspecified atom stereocenters. The summed E-state index contributed by atoms with van der Waals surface area (Å²) in [5.74, 6) is 0. The van der Waals surface area contributed by atoms with Crippen molar-refractivity contribution in [2.45, 2.75) is 6.92 Å². The van der Waals surface area contributed by atoms with Crippen molar-refractivity contribution in [1.29, 1.82) is 0 Å². The summed E-state index contributed by atoms with van der Waals surface area (Å²) in [6, 6.07) is 10.3. The molecule has 0 bridgehead atoms. The van der Waals surface area contributed by atoms with Crippen molar-refractivity contribution in [3.05, 3.63) is 53.8 Å². The molecule has 5 rings (SSSR count). The summed E-state index contributed by atoms with van der Waals surface area (Å²) in [6.07, 6.45) is 3.92. The number of fused-ring (bicyclic) bond motifs is 2. The predicted octanol–water partition coefficient (Wildman–Crippen LogP) is 3.71. The highest BCUT2D eigenvalue weighted by Gasteiger charge is 2.16. The second kappa shape index (κ2) is 5.22. The number of rotatable bonds is 2. The van der Waals surface area contributed by atoms with Gasteiger partial charge in [0.1, 0.15) is 5.52 Å². The van der Waals surface area contributed by atoms with Crippen molar-refractivity contribution < 1.29 is 0 Å². The second-order valence-corrected chi connectivity index (χ2v) is 6.84. The summed E-state index contributed by atoms with van der Waals surface area (Å²) < 4.78 is 3.88. The van der Waals surface area contributed by atoms with Crippen LogP contribution in [0.4, 0.5) is 0 Å². The zero-order chi connectivity index (χ0) is 17.0. The standard InChI is InChI=1S/C18H14N6S/c1-11-4-3-5-14(20-11)12-8-13(17-15(9-12)23(2)22-21-17)16-10-19-18-24(16)6-7-25-18/h3-10H,1-2H3. The topological polar surface area (TPSA) is 60.9 Å². The van der Waals surface area contributed by atoms with Crippen LogP contribution in [0, 0.1) is 6.92 Å². The molecule has 6 nitrogen and oxygen atoms in total. The van der Waals surface area contributed by atoms with Crippen molar-refractivity contribution in [3.63, 3.8) is 0 Å². The maximum Gasteiger partial charge on any atom is 0.194 e. The summed E-state index contributed by atoms with van der Waals surface area (Å²) >= 11 is 1.61. The van der Waals surface area contributed by atoms with Gasteiger partial charge in [0.2, 0.25) is 0 Å². The molecule has 0 aliphatic rings. The molecule has 7 heteroatoms. The lowest BCUT2D eigenvalue weighted by molar-refractivity contribution is 0.736. The second-order valence-electron chi connectivity index (χ2n) is 5.97. The molecular formula is C18H14N6S. The van der Waals surface area contributed by atoms with E-state index in [1.165, 1.54) is 0 Å². The molecule has 0 N–H and O–H groups in total. The highest BCUT2D eigenvalue weighted by Crippen LogP contribution is 2.33. The fourth-order valence-corrected chi connectivity index (χ4v) is 3.80. The molecule has 1 aromatic carbocycles. The van der Waals surface area contributed by atoms with E-state index < -0.39 is 0 Å². The zero-order valence-electron chi connectivity index (χ0n) is 13.7. The molecule has 0 saturated heterocycles. The Bertz CT molecular complexity index is 1230. The lowest BCUT2D eigenvalue weighted by atomic mass is 10.0. The molecule has 4 heterocycles.